The average Bonchev–Trinajstić information content (AvgIpc) is 3.46. The highest BCUT2D eigenvalue weighted by atomic mass is 16.6. The van der Waals surface area contributed by atoms with Gasteiger partial charge in [0.2, 0.25) is 11.8 Å². The van der Waals surface area contributed by atoms with Crippen molar-refractivity contribution in [1.29, 1.82) is 0 Å². The summed E-state index contributed by atoms with van der Waals surface area (Å²) in [6, 6.07) is 0.445. The molecule has 0 saturated heterocycles. The monoisotopic (exact) mass is 1160 g/mol. The SMILES string of the molecule is C.C.C=O.C=O.C=O.CC[C@H](CCCCNC(=O)COCCOCCNCCOCCOCCNCCCC(COCO)NC(=O)C1CCC(CNCCCCCCCCCCCCCCCCCCCCOCO)CC1)NC.O. The number of hydrogen-bond acceptors (Lipinski definition) is 17. The molecule has 482 valence electrons. The van der Waals surface area contributed by atoms with Crippen LogP contribution in [0.1, 0.15) is 202 Å². The van der Waals surface area contributed by atoms with E-state index in [0.29, 0.717) is 78.0 Å². The lowest BCUT2D eigenvalue weighted by molar-refractivity contribution is -0.128. The molecule has 0 aliphatic heterocycles. The fraction of sp³-hybridized carbons (Fsp3) is 0.917. The van der Waals surface area contributed by atoms with Gasteiger partial charge in [0.15, 0.2) is 0 Å². The maximum Gasteiger partial charge on any atom is 0.245 e. The normalized spacial score (nSPS) is 14.2. The summed E-state index contributed by atoms with van der Waals surface area (Å²) in [6.45, 7) is 18.3. The number of hydrogen-bond donors (Lipinski definition) is 8. The van der Waals surface area contributed by atoms with Crippen LogP contribution in [-0.4, -0.2) is 192 Å². The van der Waals surface area contributed by atoms with E-state index in [1.807, 2.05) is 27.4 Å². The molecule has 80 heavy (non-hydrogen) atoms. The van der Waals surface area contributed by atoms with Crippen molar-refractivity contribution in [2.45, 2.75) is 214 Å². The van der Waals surface area contributed by atoms with Gasteiger partial charge < -0.3 is 90.4 Å². The van der Waals surface area contributed by atoms with E-state index in [9.17, 15) is 14.7 Å². The second-order valence-corrected chi connectivity index (χ2v) is 19.8. The van der Waals surface area contributed by atoms with Gasteiger partial charge in [0, 0.05) is 44.7 Å². The molecule has 0 spiro atoms. The Labute approximate surface area is 488 Å². The molecule has 0 aromatic carbocycles. The zero-order chi connectivity index (χ0) is 57.2. The van der Waals surface area contributed by atoms with Gasteiger partial charge in [-0.15, -0.1) is 0 Å². The van der Waals surface area contributed by atoms with Crippen LogP contribution in [-0.2, 0) is 52.4 Å². The van der Waals surface area contributed by atoms with Crippen LogP contribution in [0.25, 0.3) is 0 Å². The van der Waals surface area contributed by atoms with E-state index in [4.69, 9.17) is 47.9 Å². The van der Waals surface area contributed by atoms with Gasteiger partial charge in [0.25, 0.3) is 0 Å². The number of aliphatic hydroxyl groups excluding tert-OH is 2. The molecule has 10 N–H and O–H groups in total. The molecule has 2 amide bonds. The molecule has 0 aromatic heterocycles. The molecule has 0 radical (unpaired) electrons. The van der Waals surface area contributed by atoms with Gasteiger partial charge in [-0.05, 0) is 103 Å². The number of nitrogens with one attached hydrogen (secondary N) is 6. The van der Waals surface area contributed by atoms with Crippen LogP contribution >= 0.6 is 0 Å². The number of ether oxygens (including phenoxy) is 6. The summed E-state index contributed by atoms with van der Waals surface area (Å²) in [4.78, 5) is 49.1. The molecular weight excluding hydrogens is 1030 g/mol. The van der Waals surface area contributed by atoms with E-state index in [1.165, 1.54) is 109 Å². The van der Waals surface area contributed by atoms with E-state index >= 15 is 0 Å². The summed E-state index contributed by atoms with van der Waals surface area (Å²) < 4.78 is 32.6. The highest BCUT2D eigenvalue weighted by Crippen LogP contribution is 2.29. The molecule has 1 saturated carbocycles. The van der Waals surface area contributed by atoms with Gasteiger partial charge in [-0.1, -0.05) is 131 Å². The Hall–Kier alpha value is -2.57. The first-order valence-electron chi connectivity index (χ1n) is 29.9. The van der Waals surface area contributed by atoms with E-state index in [2.05, 4.69) is 38.8 Å². The van der Waals surface area contributed by atoms with Crippen molar-refractivity contribution in [3.05, 3.63) is 0 Å². The molecule has 1 unspecified atom stereocenters. The third-order valence-corrected chi connectivity index (χ3v) is 13.7. The highest BCUT2D eigenvalue weighted by molar-refractivity contribution is 5.79. The Balaban J connectivity index is -0.00000147. The van der Waals surface area contributed by atoms with Crippen LogP contribution in [0.5, 0.6) is 0 Å². The molecule has 1 rings (SSSR count). The molecule has 2 atom stereocenters. The van der Waals surface area contributed by atoms with Crippen molar-refractivity contribution in [2.75, 3.05) is 133 Å². The molecule has 1 aliphatic carbocycles. The first kappa shape index (κ1) is 88.6. The Kier molecular flexibility index (Phi) is 87.0. The van der Waals surface area contributed by atoms with Crippen LogP contribution in [0.15, 0.2) is 0 Å². The summed E-state index contributed by atoms with van der Waals surface area (Å²) in [5, 5.41) is 37.7. The zero-order valence-corrected chi connectivity index (χ0v) is 49.5. The number of unbranched alkanes of at least 4 members (excludes halogenated alkanes) is 18. The lowest BCUT2D eigenvalue weighted by Crippen LogP contribution is -2.43. The fourth-order valence-corrected chi connectivity index (χ4v) is 9.20. The maximum atomic E-state index is 13.2. The van der Waals surface area contributed by atoms with Crippen molar-refractivity contribution in [2.24, 2.45) is 11.8 Å². The molecule has 20 heteroatoms. The van der Waals surface area contributed by atoms with Crippen molar-refractivity contribution in [1.82, 2.24) is 31.9 Å². The molecule has 1 fully saturated rings. The lowest BCUT2D eigenvalue weighted by atomic mass is 9.81. The molecule has 0 bridgehead atoms. The third-order valence-electron chi connectivity index (χ3n) is 13.7. The van der Waals surface area contributed by atoms with Crippen molar-refractivity contribution < 1.29 is 68.1 Å². The molecule has 1 aliphatic rings. The van der Waals surface area contributed by atoms with Crippen LogP contribution < -0.4 is 31.9 Å². The van der Waals surface area contributed by atoms with Crippen LogP contribution in [0.3, 0.4) is 0 Å². The van der Waals surface area contributed by atoms with Crippen molar-refractivity contribution in [3.63, 3.8) is 0 Å². The van der Waals surface area contributed by atoms with Gasteiger partial charge in [-0.3, -0.25) is 9.59 Å². The highest BCUT2D eigenvalue weighted by Gasteiger charge is 2.27. The lowest BCUT2D eigenvalue weighted by Gasteiger charge is -2.29. The van der Waals surface area contributed by atoms with E-state index in [1.54, 1.807) is 0 Å². The number of aliphatic hydroxyl groups is 2. The summed E-state index contributed by atoms with van der Waals surface area (Å²) >= 11 is 0. The van der Waals surface area contributed by atoms with E-state index in [-0.39, 0.29) is 64.3 Å². The largest absolute Gasteiger partial charge is 0.412 e. The van der Waals surface area contributed by atoms with Crippen molar-refractivity contribution >= 4 is 32.2 Å². The predicted octanol–water partition coefficient (Wildman–Crippen LogP) is 7.02. The standard InChI is InChI=1S/C55H112N6O10.3CH2O.2CH4.H2O/c1-3-52(56-2)25-20-22-33-60-54(64)47-69-44-43-68-40-36-58-35-39-67-42-41-66-38-34-57-32-24-26-53(46-71-49-63)61-55(65)51-29-27-50(28-30-51)45-59-31-21-18-16-14-12-10-8-6-4-5-7-9-11-13-15-17-19-23-37-70-48-62;3*1-2;;;/h50-53,56-59,62-63H,3-49H2,1-2H3,(H,60,64)(H,61,65);3*1H2;2*1H4;1H2/t50?,51?,52-,53?;;;;;;/m1....../s1. The Morgan fingerprint density at radius 2 is 0.900 bits per heavy atom. The minimum atomic E-state index is -0.345. The van der Waals surface area contributed by atoms with E-state index in [0.717, 1.165) is 110 Å². The van der Waals surface area contributed by atoms with Gasteiger partial charge in [0.1, 0.15) is 40.6 Å². The molecule has 20 nitrogen and oxygen atoms in total. The number of carbonyl (C=O) groups excluding carboxylic acids is 5. The van der Waals surface area contributed by atoms with Crippen LogP contribution in [0.2, 0.25) is 0 Å². The van der Waals surface area contributed by atoms with E-state index < -0.39 is 0 Å². The zero-order valence-electron chi connectivity index (χ0n) is 49.5. The van der Waals surface area contributed by atoms with Crippen molar-refractivity contribution in [3.8, 4) is 0 Å². The minimum Gasteiger partial charge on any atom is -0.412 e. The summed E-state index contributed by atoms with van der Waals surface area (Å²) in [6.07, 6.45) is 34.3. The average molecular weight is 1160 g/mol. The fourth-order valence-electron chi connectivity index (χ4n) is 9.20. The first-order valence-corrected chi connectivity index (χ1v) is 29.9. The smallest absolute Gasteiger partial charge is 0.245 e. The Bertz CT molecular complexity index is 1160. The summed E-state index contributed by atoms with van der Waals surface area (Å²) in [5.41, 5.74) is 0. The van der Waals surface area contributed by atoms with Gasteiger partial charge in [0.05, 0.1) is 58.9 Å². The number of amides is 2. The van der Waals surface area contributed by atoms with Gasteiger partial charge in [-0.2, -0.15) is 0 Å². The second kappa shape index (κ2) is 78.5. The summed E-state index contributed by atoms with van der Waals surface area (Å²) in [5.74, 6) is 0.768. The number of carbonyl (C=O) groups is 5. The number of rotatable bonds is 57. The summed E-state index contributed by atoms with van der Waals surface area (Å²) in [7, 11) is 2.00. The maximum absolute atomic E-state index is 13.2. The first-order chi connectivity index (χ1) is 38.0. The Morgan fingerprint density at radius 3 is 1.38 bits per heavy atom. The van der Waals surface area contributed by atoms with Gasteiger partial charge >= 0.3 is 0 Å². The minimum absolute atomic E-state index is 0. The molecule has 0 heterocycles. The Morgan fingerprint density at radius 1 is 0.475 bits per heavy atom. The second-order valence-electron chi connectivity index (χ2n) is 19.8. The third kappa shape index (κ3) is 66.2. The van der Waals surface area contributed by atoms with Crippen LogP contribution in [0.4, 0.5) is 0 Å². The molecular formula is C60H128N6O14. The predicted molar refractivity (Wildman–Crippen MR) is 326 cm³/mol. The van der Waals surface area contributed by atoms with Crippen LogP contribution in [0, 0.1) is 11.8 Å². The van der Waals surface area contributed by atoms with Gasteiger partial charge in [-0.25, -0.2) is 0 Å². The molecule has 0 aromatic rings. The quantitative estimate of drug-likeness (QED) is 0.0224. The topological polar surface area (TPSA) is 285 Å².